The number of hydrogen-bond donors (Lipinski definition) is 1. The number of rotatable bonds is 2. The SMILES string of the molecule is CCNC1c2cc(Br)cc(F)c2CC1C. The van der Waals surface area contributed by atoms with Crippen molar-refractivity contribution < 1.29 is 4.39 Å². The van der Waals surface area contributed by atoms with Crippen LogP contribution >= 0.6 is 15.9 Å². The molecule has 1 aromatic rings. The van der Waals surface area contributed by atoms with Crippen LogP contribution < -0.4 is 5.32 Å². The molecule has 1 aliphatic rings. The van der Waals surface area contributed by atoms with Crippen molar-refractivity contribution in [3.8, 4) is 0 Å². The highest BCUT2D eigenvalue weighted by Gasteiger charge is 2.30. The highest BCUT2D eigenvalue weighted by atomic mass is 79.9. The monoisotopic (exact) mass is 271 g/mol. The molecule has 0 saturated carbocycles. The molecule has 0 radical (unpaired) electrons. The third-order valence-electron chi connectivity index (χ3n) is 3.05. The van der Waals surface area contributed by atoms with Gasteiger partial charge in [0.05, 0.1) is 0 Å². The fourth-order valence-electron chi connectivity index (χ4n) is 2.39. The van der Waals surface area contributed by atoms with Gasteiger partial charge >= 0.3 is 0 Å². The van der Waals surface area contributed by atoms with E-state index in [1.165, 1.54) is 0 Å². The van der Waals surface area contributed by atoms with Crippen molar-refractivity contribution in [1.82, 2.24) is 5.32 Å². The first-order valence-corrected chi connectivity index (χ1v) is 6.14. The van der Waals surface area contributed by atoms with E-state index in [2.05, 4.69) is 35.1 Å². The lowest BCUT2D eigenvalue weighted by molar-refractivity contribution is 0.425. The summed E-state index contributed by atoms with van der Waals surface area (Å²) in [4.78, 5) is 0. The molecule has 3 heteroatoms. The van der Waals surface area contributed by atoms with E-state index in [4.69, 9.17) is 0 Å². The number of benzene rings is 1. The fraction of sp³-hybridized carbons (Fsp3) is 0.500. The second-order valence-corrected chi connectivity index (χ2v) is 5.09. The van der Waals surface area contributed by atoms with E-state index in [1.807, 2.05) is 6.07 Å². The molecule has 0 amide bonds. The van der Waals surface area contributed by atoms with Crippen LogP contribution in [-0.4, -0.2) is 6.54 Å². The van der Waals surface area contributed by atoms with E-state index in [0.717, 1.165) is 28.6 Å². The van der Waals surface area contributed by atoms with Crippen molar-refractivity contribution in [2.75, 3.05) is 6.54 Å². The van der Waals surface area contributed by atoms with Gasteiger partial charge < -0.3 is 5.32 Å². The van der Waals surface area contributed by atoms with E-state index in [0.29, 0.717) is 12.0 Å². The second kappa shape index (κ2) is 4.22. The predicted octanol–water partition coefficient (Wildman–Crippen LogP) is 3.43. The van der Waals surface area contributed by atoms with Crippen molar-refractivity contribution in [2.45, 2.75) is 26.3 Å². The molecule has 0 bridgehead atoms. The Bertz CT molecular complexity index is 378. The molecule has 1 nitrogen and oxygen atoms in total. The largest absolute Gasteiger partial charge is 0.310 e. The van der Waals surface area contributed by atoms with Crippen molar-refractivity contribution >= 4 is 15.9 Å². The Morgan fingerprint density at radius 2 is 2.27 bits per heavy atom. The summed E-state index contributed by atoms with van der Waals surface area (Å²) in [5, 5.41) is 3.42. The Morgan fingerprint density at radius 1 is 1.53 bits per heavy atom. The summed E-state index contributed by atoms with van der Waals surface area (Å²) in [6.07, 6.45) is 0.839. The number of halogens is 2. The van der Waals surface area contributed by atoms with E-state index in [-0.39, 0.29) is 5.82 Å². The van der Waals surface area contributed by atoms with Crippen molar-refractivity contribution in [3.63, 3.8) is 0 Å². The molecule has 0 spiro atoms. The van der Waals surface area contributed by atoms with E-state index in [9.17, 15) is 4.39 Å². The molecule has 82 valence electrons. The van der Waals surface area contributed by atoms with Gasteiger partial charge in [-0.2, -0.15) is 0 Å². The van der Waals surface area contributed by atoms with Crippen LogP contribution in [0.1, 0.15) is 31.0 Å². The molecular formula is C12H15BrFN. The maximum Gasteiger partial charge on any atom is 0.127 e. The zero-order chi connectivity index (χ0) is 11.0. The van der Waals surface area contributed by atoms with Crippen LogP contribution in [0.25, 0.3) is 0 Å². The molecule has 15 heavy (non-hydrogen) atoms. The van der Waals surface area contributed by atoms with Gasteiger partial charge in [0.2, 0.25) is 0 Å². The first kappa shape index (κ1) is 11.1. The molecule has 2 rings (SSSR count). The Labute approximate surface area is 98.2 Å². The Balaban J connectivity index is 2.43. The molecule has 0 saturated heterocycles. The lowest BCUT2D eigenvalue weighted by Gasteiger charge is -2.17. The summed E-state index contributed by atoms with van der Waals surface area (Å²) in [5.41, 5.74) is 2.01. The summed E-state index contributed by atoms with van der Waals surface area (Å²) in [6.45, 7) is 5.17. The highest BCUT2D eigenvalue weighted by Crippen LogP contribution is 2.38. The molecule has 2 atom stereocenters. The van der Waals surface area contributed by atoms with E-state index in [1.54, 1.807) is 6.07 Å². The van der Waals surface area contributed by atoms with Crippen LogP contribution in [-0.2, 0) is 6.42 Å². The quantitative estimate of drug-likeness (QED) is 0.869. The van der Waals surface area contributed by atoms with Gasteiger partial charge in [0, 0.05) is 10.5 Å². The van der Waals surface area contributed by atoms with Gasteiger partial charge in [-0.3, -0.25) is 0 Å². The zero-order valence-corrected chi connectivity index (χ0v) is 10.6. The normalized spacial score (nSPS) is 24.3. The minimum Gasteiger partial charge on any atom is -0.310 e. The third kappa shape index (κ3) is 1.95. The number of hydrogen-bond acceptors (Lipinski definition) is 1. The van der Waals surface area contributed by atoms with Gasteiger partial charge in [0.1, 0.15) is 5.82 Å². The summed E-state index contributed by atoms with van der Waals surface area (Å²) < 4.78 is 14.5. The van der Waals surface area contributed by atoms with E-state index >= 15 is 0 Å². The van der Waals surface area contributed by atoms with Crippen LogP contribution in [0.3, 0.4) is 0 Å². The van der Waals surface area contributed by atoms with Crippen molar-refractivity contribution in [1.29, 1.82) is 0 Å². The first-order valence-electron chi connectivity index (χ1n) is 5.34. The van der Waals surface area contributed by atoms with Crippen molar-refractivity contribution in [2.24, 2.45) is 5.92 Å². The first-order chi connectivity index (χ1) is 7.13. The average Bonchev–Trinajstić information content (AvgIpc) is 2.46. The summed E-state index contributed by atoms with van der Waals surface area (Å²) >= 11 is 3.35. The maximum atomic E-state index is 13.7. The standard InChI is InChI=1S/C12H15BrFN/c1-3-15-12-7(2)4-9-10(12)5-8(13)6-11(9)14/h5-7,12,15H,3-4H2,1-2H3. The van der Waals surface area contributed by atoms with Gasteiger partial charge in [0.25, 0.3) is 0 Å². The summed E-state index contributed by atoms with van der Waals surface area (Å²) in [6, 6.07) is 3.90. The predicted molar refractivity (Wildman–Crippen MR) is 63.4 cm³/mol. The van der Waals surface area contributed by atoms with Crippen LogP contribution in [0.15, 0.2) is 16.6 Å². The molecule has 0 aromatic heterocycles. The molecule has 0 aliphatic heterocycles. The fourth-order valence-corrected chi connectivity index (χ4v) is 2.84. The Morgan fingerprint density at radius 3 is 2.93 bits per heavy atom. The van der Waals surface area contributed by atoms with E-state index < -0.39 is 0 Å². The lowest BCUT2D eigenvalue weighted by atomic mass is 10.0. The van der Waals surface area contributed by atoms with Gasteiger partial charge in [0.15, 0.2) is 0 Å². The van der Waals surface area contributed by atoms with Gasteiger partial charge in [-0.1, -0.05) is 29.8 Å². The topological polar surface area (TPSA) is 12.0 Å². The average molecular weight is 272 g/mol. The van der Waals surface area contributed by atoms with Crippen LogP contribution in [0, 0.1) is 11.7 Å². The minimum absolute atomic E-state index is 0.0772. The molecule has 2 unspecified atom stereocenters. The van der Waals surface area contributed by atoms with Gasteiger partial charge in [-0.25, -0.2) is 4.39 Å². The summed E-state index contributed by atoms with van der Waals surface area (Å²) in [5.74, 6) is 0.398. The lowest BCUT2D eigenvalue weighted by Crippen LogP contribution is -2.23. The number of nitrogens with one attached hydrogen (secondary N) is 1. The highest BCUT2D eigenvalue weighted by molar-refractivity contribution is 9.10. The molecule has 1 aliphatic carbocycles. The Kier molecular flexibility index (Phi) is 3.12. The second-order valence-electron chi connectivity index (χ2n) is 4.17. The minimum atomic E-state index is -0.0772. The molecule has 0 heterocycles. The maximum absolute atomic E-state index is 13.7. The van der Waals surface area contributed by atoms with Gasteiger partial charge in [-0.05, 0) is 42.1 Å². The van der Waals surface area contributed by atoms with Crippen LogP contribution in [0.5, 0.6) is 0 Å². The summed E-state index contributed by atoms with van der Waals surface area (Å²) in [7, 11) is 0. The number of fused-ring (bicyclic) bond motifs is 1. The van der Waals surface area contributed by atoms with Crippen LogP contribution in [0.2, 0.25) is 0 Å². The van der Waals surface area contributed by atoms with Crippen molar-refractivity contribution in [3.05, 3.63) is 33.5 Å². The molecule has 1 N–H and O–H groups in total. The molecule has 1 aromatic carbocycles. The smallest absolute Gasteiger partial charge is 0.127 e. The van der Waals surface area contributed by atoms with Crippen LogP contribution in [0.4, 0.5) is 4.39 Å². The Hall–Kier alpha value is -0.410. The molecular weight excluding hydrogens is 257 g/mol. The third-order valence-corrected chi connectivity index (χ3v) is 3.51. The zero-order valence-electron chi connectivity index (χ0n) is 8.98. The molecule has 0 fully saturated rings. The van der Waals surface area contributed by atoms with Gasteiger partial charge in [-0.15, -0.1) is 0 Å².